The van der Waals surface area contributed by atoms with Crippen molar-refractivity contribution in [3.05, 3.63) is 11.8 Å². The predicted molar refractivity (Wildman–Crippen MR) is 130 cm³/mol. The third-order valence-corrected chi connectivity index (χ3v) is 9.75. The molecule has 5 N–H and O–H groups in total. The van der Waals surface area contributed by atoms with Crippen LogP contribution in [0.5, 0.6) is 0 Å². The van der Waals surface area contributed by atoms with Crippen LogP contribution in [0.4, 0.5) is 5.69 Å². The third kappa shape index (κ3) is 6.23. The van der Waals surface area contributed by atoms with E-state index in [1.165, 1.54) is 4.68 Å². The number of anilines is 1. The van der Waals surface area contributed by atoms with Crippen LogP contribution in [-0.2, 0) is 19.1 Å². The molecular formula is C21H30N5O8PS. The van der Waals surface area contributed by atoms with Gasteiger partial charge in [-0.3, -0.25) is 4.57 Å². The van der Waals surface area contributed by atoms with Crippen molar-refractivity contribution < 1.29 is 37.7 Å². The first-order valence-electron chi connectivity index (χ1n) is 11.6. The van der Waals surface area contributed by atoms with Crippen molar-refractivity contribution in [3.63, 3.8) is 0 Å². The molecule has 4 atom stereocenters. The number of sulfone groups is 1. The summed E-state index contributed by atoms with van der Waals surface area (Å²) in [7, 11) is -9.16. The van der Waals surface area contributed by atoms with Gasteiger partial charge in [0.25, 0.3) is 0 Å². The lowest BCUT2D eigenvalue weighted by atomic mass is 10.1. The van der Waals surface area contributed by atoms with E-state index in [4.69, 9.17) is 14.5 Å². The van der Waals surface area contributed by atoms with E-state index in [1.54, 1.807) is 6.07 Å². The van der Waals surface area contributed by atoms with Crippen LogP contribution in [0.15, 0.2) is 6.07 Å². The molecule has 0 radical (unpaired) electrons. The first kappa shape index (κ1) is 26.9. The van der Waals surface area contributed by atoms with Gasteiger partial charge in [0.15, 0.2) is 32.7 Å². The second kappa shape index (κ2) is 10.3. The second-order valence-corrected chi connectivity index (χ2v) is 13.7. The highest BCUT2D eigenvalue weighted by Crippen LogP contribution is 2.38. The van der Waals surface area contributed by atoms with E-state index in [0.717, 1.165) is 25.7 Å². The van der Waals surface area contributed by atoms with E-state index in [1.807, 2.05) is 13.8 Å². The molecule has 1 aliphatic heterocycles. The molecule has 2 aliphatic rings. The summed E-state index contributed by atoms with van der Waals surface area (Å²) in [4.78, 5) is 22.6. The lowest BCUT2D eigenvalue weighted by molar-refractivity contribution is -0.0375. The zero-order chi connectivity index (χ0) is 26.3. The van der Waals surface area contributed by atoms with Crippen molar-refractivity contribution >= 4 is 34.3 Å². The quantitative estimate of drug-likeness (QED) is 0.238. The van der Waals surface area contributed by atoms with E-state index < -0.39 is 53.2 Å². The average Bonchev–Trinajstić information content (AvgIpc) is 3.47. The molecule has 4 rings (SSSR count). The van der Waals surface area contributed by atoms with Crippen LogP contribution >= 0.6 is 7.60 Å². The normalized spacial score (nSPS) is 25.4. The zero-order valence-corrected chi connectivity index (χ0v) is 21.6. The van der Waals surface area contributed by atoms with Gasteiger partial charge in [-0.2, -0.15) is 4.68 Å². The average molecular weight is 544 g/mol. The molecule has 13 nitrogen and oxygen atoms in total. The lowest BCUT2D eigenvalue weighted by Crippen LogP contribution is -2.36. The maximum atomic E-state index is 12.2. The van der Waals surface area contributed by atoms with Crippen LogP contribution in [0.1, 0.15) is 51.5 Å². The highest BCUT2D eigenvalue weighted by atomic mass is 32.2. The summed E-state index contributed by atoms with van der Waals surface area (Å²) in [6.07, 6.45) is -1.78. The minimum absolute atomic E-state index is 0.0998. The fourth-order valence-corrected chi connectivity index (χ4v) is 7.65. The van der Waals surface area contributed by atoms with Crippen LogP contribution in [0.2, 0.25) is 0 Å². The highest BCUT2D eigenvalue weighted by Gasteiger charge is 2.47. The number of hydrogen-bond donors (Lipinski definition) is 5. The summed E-state index contributed by atoms with van der Waals surface area (Å²) in [5, 5.41) is 32.8. The van der Waals surface area contributed by atoms with Crippen LogP contribution in [0, 0.1) is 17.8 Å². The maximum absolute atomic E-state index is 12.2. The Labute approximate surface area is 208 Å². The van der Waals surface area contributed by atoms with Gasteiger partial charge < -0.3 is 30.1 Å². The van der Waals surface area contributed by atoms with Gasteiger partial charge in [0.1, 0.15) is 24.0 Å². The molecule has 2 fully saturated rings. The van der Waals surface area contributed by atoms with Gasteiger partial charge in [0.05, 0.1) is 11.4 Å². The molecule has 198 valence electrons. The monoisotopic (exact) mass is 543 g/mol. The highest BCUT2D eigenvalue weighted by molar-refractivity contribution is 7.97. The van der Waals surface area contributed by atoms with Gasteiger partial charge in [-0.1, -0.05) is 37.8 Å². The van der Waals surface area contributed by atoms with Crippen LogP contribution in [0.3, 0.4) is 0 Å². The Balaban J connectivity index is 1.67. The molecule has 2 aromatic heterocycles. The van der Waals surface area contributed by atoms with Gasteiger partial charge in [-0.25, -0.2) is 13.4 Å². The van der Waals surface area contributed by atoms with Gasteiger partial charge in [0, 0.05) is 12.0 Å². The number of rotatable bonds is 7. The smallest absolute Gasteiger partial charge is 0.340 e. The molecule has 0 aromatic carbocycles. The minimum Gasteiger partial charge on any atom is -0.387 e. The first-order chi connectivity index (χ1) is 16.8. The first-order valence-corrected chi connectivity index (χ1v) is 15.3. The molecule has 0 amide bonds. The Morgan fingerprint density at radius 2 is 1.94 bits per heavy atom. The SMILES string of the molecule is CC(C)C#Cc1cc(NC2CCCC2)c2nnn([C@@H]3O[C@H](CS(=O)(=O)CP(=O)(O)O)[C@@H](O)[C@H]3O)c2n1. The van der Waals surface area contributed by atoms with Crippen molar-refractivity contribution in [2.45, 2.75) is 70.1 Å². The fourth-order valence-electron chi connectivity index (χ4n) is 4.40. The van der Waals surface area contributed by atoms with Gasteiger partial charge in [-0.15, -0.1) is 5.10 Å². The molecular weight excluding hydrogens is 513 g/mol. The van der Waals surface area contributed by atoms with Crippen LogP contribution in [0.25, 0.3) is 11.2 Å². The Hall–Kier alpha value is -2.11. The molecule has 3 heterocycles. The summed E-state index contributed by atoms with van der Waals surface area (Å²) in [5.74, 6) is 5.27. The van der Waals surface area contributed by atoms with Gasteiger partial charge in [-0.05, 0) is 24.8 Å². The third-order valence-electron chi connectivity index (χ3n) is 6.00. The molecule has 1 aliphatic carbocycles. The Morgan fingerprint density at radius 3 is 2.58 bits per heavy atom. The molecule has 0 unspecified atom stereocenters. The van der Waals surface area contributed by atoms with Crippen molar-refractivity contribution in [2.75, 3.05) is 16.6 Å². The molecule has 36 heavy (non-hydrogen) atoms. The van der Waals surface area contributed by atoms with Crippen LogP contribution in [-0.4, -0.2) is 84.0 Å². The molecule has 0 bridgehead atoms. The van der Waals surface area contributed by atoms with Crippen molar-refractivity contribution in [1.29, 1.82) is 0 Å². The maximum Gasteiger partial charge on any atom is 0.340 e. The van der Waals surface area contributed by atoms with E-state index in [-0.39, 0.29) is 17.6 Å². The lowest BCUT2D eigenvalue weighted by Gasteiger charge is -2.16. The van der Waals surface area contributed by atoms with E-state index >= 15 is 0 Å². The minimum atomic E-state index is -4.86. The summed E-state index contributed by atoms with van der Waals surface area (Å²) >= 11 is 0. The summed E-state index contributed by atoms with van der Waals surface area (Å²) in [5.41, 5.74) is 0.338. The van der Waals surface area contributed by atoms with Crippen molar-refractivity contribution in [2.24, 2.45) is 5.92 Å². The number of hydrogen-bond acceptors (Lipinski definition) is 10. The summed E-state index contributed by atoms with van der Waals surface area (Å²) < 4.78 is 42.4. The molecule has 1 saturated heterocycles. The van der Waals surface area contributed by atoms with E-state index in [9.17, 15) is 23.2 Å². The standard InChI is InChI=1S/C21H30N5O8PS/c1-12(2)7-8-14-9-15(22-13-5-3-4-6-13)17-20(23-14)26(25-24-17)21-19(28)18(27)16(34-21)10-36(32,33)11-35(29,30)31/h9,12-13,16,18-19,21,27-28H,3-6,10-11H2,1-2H3,(H,22,23)(H2,29,30,31)/t16-,18-,19-,21-/m1/s1. The molecule has 1 saturated carbocycles. The van der Waals surface area contributed by atoms with Crippen molar-refractivity contribution in [1.82, 2.24) is 20.0 Å². The Morgan fingerprint density at radius 1 is 1.25 bits per heavy atom. The van der Waals surface area contributed by atoms with Gasteiger partial charge >= 0.3 is 7.60 Å². The van der Waals surface area contributed by atoms with Gasteiger partial charge in [0.2, 0.25) is 0 Å². The topological polar surface area (TPSA) is 197 Å². The number of aliphatic hydroxyl groups is 2. The number of fused-ring (bicyclic) bond motifs is 1. The molecule has 2 aromatic rings. The predicted octanol–water partition coefficient (Wildman–Crippen LogP) is 0.357. The zero-order valence-electron chi connectivity index (χ0n) is 19.9. The number of nitrogens with zero attached hydrogens (tertiary/aromatic N) is 4. The molecule has 15 heteroatoms. The van der Waals surface area contributed by atoms with Crippen molar-refractivity contribution in [3.8, 4) is 11.8 Å². The number of aliphatic hydroxyl groups excluding tert-OH is 2. The Kier molecular flexibility index (Phi) is 7.73. The fraction of sp³-hybridized carbons (Fsp3) is 0.667. The second-order valence-electron chi connectivity index (χ2n) is 9.56. The van der Waals surface area contributed by atoms with Crippen LogP contribution < -0.4 is 5.32 Å². The Bertz CT molecular complexity index is 1330. The number of aromatic nitrogens is 4. The summed E-state index contributed by atoms with van der Waals surface area (Å²) in [6.45, 7) is 3.89. The number of pyridine rings is 1. The van der Waals surface area contributed by atoms with E-state index in [0.29, 0.717) is 16.9 Å². The largest absolute Gasteiger partial charge is 0.387 e. The number of nitrogens with one attached hydrogen (secondary N) is 1. The number of ether oxygens (including phenoxy) is 1. The molecule has 0 spiro atoms. The van der Waals surface area contributed by atoms with E-state index in [2.05, 4.69) is 32.5 Å². The summed E-state index contributed by atoms with van der Waals surface area (Å²) in [6, 6.07) is 2.04.